The van der Waals surface area contributed by atoms with Gasteiger partial charge in [-0.15, -0.1) is 0 Å². The first-order valence-corrected chi connectivity index (χ1v) is 15.0. The van der Waals surface area contributed by atoms with Gasteiger partial charge in [0.1, 0.15) is 6.61 Å². The molecule has 2 atom stereocenters. The highest BCUT2D eigenvalue weighted by molar-refractivity contribution is 6.30. The van der Waals surface area contributed by atoms with E-state index in [9.17, 15) is 9.59 Å². The van der Waals surface area contributed by atoms with Gasteiger partial charge in [0.25, 0.3) is 0 Å². The van der Waals surface area contributed by atoms with Crippen molar-refractivity contribution in [2.75, 3.05) is 32.8 Å². The molecule has 1 N–H and O–H groups in total. The Hall–Kier alpha value is -3.73. The quantitative estimate of drug-likeness (QED) is 0.391. The van der Waals surface area contributed by atoms with Crippen LogP contribution in [0, 0.1) is 0 Å². The summed E-state index contributed by atoms with van der Waals surface area (Å²) in [4.78, 5) is 39.2. The largest absolute Gasteiger partial charge is 0.447 e. The molecular weight excluding hydrogens is 568 g/mol. The van der Waals surface area contributed by atoms with E-state index in [4.69, 9.17) is 26.1 Å². The number of fused-ring (bicyclic) bond motifs is 2. The second-order valence-electron chi connectivity index (χ2n) is 11.5. The molecule has 11 heteroatoms. The molecule has 5 rings (SSSR count). The summed E-state index contributed by atoms with van der Waals surface area (Å²) in [6.07, 6.45) is 6.84. The molecule has 2 amide bonds. The molecule has 2 aromatic heterocycles. The Morgan fingerprint density at radius 1 is 1.09 bits per heavy atom. The standard InChI is InChI=1S/C32H39ClN6O4/c1-20(2)42-18-28(40)36-30(27-17-34-19-37(27)5)26-15-22-7-6-10-35-29(22)31(24-9-8-23(33)16-25(24)26)38-11-13-39(14-12-38)32(41)43-21(3)4/h6-10,15-17,19-21,30-31H,11-14,18H2,1-5H3,(H,36,40)/t30-,31+/m1/s1. The predicted octanol–water partition coefficient (Wildman–Crippen LogP) is 4.86. The second-order valence-corrected chi connectivity index (χ2v) is 11.9. The van der Waals surface area contributed by atoms with Crippen molar-refractivity contribution in [1.82, 2.24) is 29.7 Å². The Morgan fingerprint density at radius 3 is 2.53 bits per heavy atom. The fourth-order valence-corrected chi connectivity index (χ4v) is 5.81. The predicted molar refractivity (Wildman–Crippen MR) is 165 cm³/mol. The number of pyridine rings is 1. The van der Waals surface area contributed by atoms with Gasteiger partial charge in [0.15, 0.2) is 0 Å². The molecule has 0 bridgehead atoms. The van der Waals surface area contributed by atoms with E-state index in [1.165, 1.54) is 0 Å². The van der Waals surface area contributed by atoms with Gasteiger partial charge in [-0.3, -0.25) is 14.7 Å². The van der Waals surface area contributed by atoms with Crippen molar-refractivity contribution < 1.29 is 19.1 Å². The summed E-state index contributed by atoms with van der Waals surface area (Å²) < 4.78 is 13.0. The maximum atomic E-state index is 13.2. The summed E-state index contributed by atoms with van der Waals surface area (Å²) in [6.45, 7) is 9.80. The summed E-state index contributed by atoms with van der Waals surface area (Å²) in [7, 11) is 1.91. The number of nitrogens with one attached hydrogen (secondary N) is 1. The molecule has 0 unspecified atom stereocenters. The monoisotopic (exact) mass is 606 g/mol. The van der Waals surface area contributed by atoms with E-state index in [0.717, 1.165) is 33.7 Å². The van der Waals surface area contributed by atoms with E-state index in [1.54, 1.807) is 23.6 Å². The zero-order valence-electron chi connectivity index (χ0n) is 25.3. The van der Waals surface area contributed by atoms with Crippen molar-refractivity contribution in [3.8, 4) is 0 Å². The Balaban J connectivity index is 1.57. The van der Waals surface area contributed by atoms with Crippen molar-refractivity contribution in [3.05, 3.63) is 82.2 Å². The van der Waals surface area contributed by atoms with E-state index >= 15 is 0 Å². The third-order valence-corrected chi connectivity index (χ3v) is 7.89. The number of rotatable bonds is 8. The molecule has 3 heterocycles. The van der Waals surface area contributed by atoms with Crippen molar-refractivity contribution in [2.45, 2.75) is 52.0 Å². The van der Waals surface area contributed by atoms with Gasteiger partial charge >= 0.3 is 6.09 Å². The SMILES string of the molecule is CC(C)OCC(=O)N[C@H](C1=Cc2cccnc2[C@@H](N2CCN(C(=O)OC(C)C)CC2)c2ccc(Cl)cc21)c1cncn1C. The van der Waals surface area contributed by atoms with Crippen LogP contribution in [0.5, 0.6) is 0 Å². The zero-order chi connectivity index (χ0) is 30.7. The number of benzene rings is 1. The lowest BCUT2D eigenvalue weighted by Crippen LogP contribution is -2.50. The molecule has 2 aliphatic rings. The number of aromatic nitrogens is 3. The van der Waals surface area contributed by atoms with Crippen LogP contribution >= 0.6 is 11.6 Å². The molecular formula is C32H39ClN6O4. The number of ether oxygens (including phenoxy) is 2. The molecule has 228 valence electrons. The molecule has 0 spiro atoms. The van der Waals surface area contributed by atoms with Gasteiger partial charge in [-0.05, 0) is 74.2 Å². The van der Waals surface area contributed by atoms with Gasteiger partial charge in [-0.1, -0.05) is 23.7 Å². The van der Waals surface area contributed by atoms with E-state index in [2.05, 4.69) is 21.3 Å². The summed E-state index contributed by atoms with van der Waals surface area (Å²) in [5.74, 6) is -0.235. The van der Waals surface area contributed by atoms with Crippen LogP contribution in [0.1, 0.15) is 67.9 Å². The highest BCUT2D eigenvalue weighted by Crippen LogP contribution is 2.44. The number of imidazole rings is 1. The topological polar surface area (TPSA) is 102 Å². The number of piperazine rings is 1. The second kappa shape index (κ2) is 13.3. The van der Waals surface area contributed by atoms with Crippen LogP contribution < -0.4 is 5.32 Å². The Labute approximate surface area is 257 Å². The lowest BCUT2D eigenvalue weighted by Gasteiger charge is -2.39. The van der Waals surface area contributed by atoms with Crippen LogP contribution in [0.25, 0.3) is 11.6 Å². The maximum absolute atomic E-state index is 13.2. The number of nitrogens with zero attached hydrogens (tertiary/aromatic N) is 5. The van der Waals surface area contributed by atoms with Gasteiger partial charge in [-0.25, -0.2) is 9.78 Å². The third kappa shape index (κ3) is 6.92. The van der Waals surface area contributed by atoms with Crippen LogP contribution in [0.2, 0.25) is 5.02 Å². The molecule has 43 heavy (non-hydrogen) atoms. The summed E-state index contributed by atoms with van der Waals surface area (Å²) in [6, 6.07) is 9.12. The van der Waals surface area contributed by atoms with Gasteiger partial charge in [-0.2, -0.15) is 0 Å². The van der Waals surface area contributed by atoms with Crippen LogP contribution in [0.4, 0.5) is 4.79 Å². The number of carbonyl (C=O) groups excluding carboxylic acids is 2. The van der Waals surface area contributed by atoms with Crippen molar-refractivity contribution in [1.29, 1.82) is 0 Å². The summed E-state index contributed by atoms with van der Waals surface area (Å²) in [5.41, 5.74) is 5.46. The molecule has 0 saturated carbocycles. The lowest BCUT2D eigenvalue weighted by molar-refractivity contribution is -0.127. The first-order chi connectivity index (χ1) is 20.6. The normalized spacial score (nSPS) is 17.6. The Bertz CT molecular complexity index is 1490. The lowest BCUT2D eigenvalue weighted by atomic mass is 9.89. The molecule has 1 aliphatic heterocycles. The van der Waals surface area contributed by atoms with Gasteiger partial charge in [0, 0.05) is 44.4 Å². The molecule has 1 aliphatic carbocycles. The minimum absolute atomic E-state index is 0.0635. The molecule has 1 fully saturated rings. The number of carbonyl (C=O) groups is 2. The highest BCUT2D eigenvalue weighted by atomic mass is 35.5. The van der Waals surface area contributed by atoms with Gasteiger partial charge in [0.05, 0.1) is 48.2 Å². The average Bonchev–Trinajstić information content (AvgIpc) is 3.34. The van der Waals surface area contributed by atoms with Crippen molar-refractivity contribution in [3.63, 3.8) is 0 Å². The Morgan fingerprint density at radius 2 is 1.86 bits per heavy atom. The minimum Gasteiger partial charge on any atom is -0.447 e. The molecule has 1 saturated heterocycles. The van der Waals surface area contributed by atoms with E-state index in [-0.39, 0.29) is 36.9 Å². The van der Waals surface area contributed by atoms with Crippen LogP contribution in [0.15, 0.2) is 49.1 Å². The minimum atomic E-state index is -0.539. The van der Waals surface area contributed by atoms with E-state index in [0.29, 0.717) is 31.2 Å². The van der Waals surface area contributed by atoms with E-state index < -0.39 is 6.04 Å². The van der Waals surface area contributed by atoms with Gasteiger partial charge in [0.2, 0.25) is 5.91 Å². The highest BCUT2D eigenvalue weighted by Gasteiger charge is 2.36. The first kappa shape index (κ1) is 30.7. The zero-order valence-corrected chi connectivity index (χ0v) is 26.0. The Kier molecular flexibility index (Phi) is 9.49. The average molecular weight is 607 g/mol. The van der Waals surface area contributed by atoms with Crippen molar-refractivity contribution >= 4 is 35.3 Å². The number of aryl methyl sites for hydroxylation is 1. The summed E-state index contributed by atoms with van der Waals surface area (Å²) >= 11 is 6.65. The number of amides is 2. The van der Waals surface area contributed by atoms with Crippen LogP contribution in [-0.4, -0.2) is 81.3 Å². The fourth-order valence-electron chi connectivity index (χ4n) is 5.64. The van der Waals surface area contributed by atoms with Crippen LogP contribution in [0.3, 0.4) is 0 Å². The number of hydrogen-bond acceptors (Lipinski definition) is 7. The van der Waals surface area contributed by atoms with Crippen molar-refractivity contribution in [2.24, 2.45) is 7.05 Å². The van der Waals surface area contributed by atoms with Gasteiger partial charge < -0.3 is 24.3 Å². The molecule has 3 aromatic rings. The van der Waals surface area contributed by atoms with E-state index in [1.807, 2.05) is 69.6 Å². The molecule has 1 aromatic carbocycles. The smallest absolute Gasteiger partial charge is 0.410 e. The molecule has 0 radical (unpaired) electrons. The third-order valence-electron chi connectivity index (χ3n) is 7.65. The maximum Gasteiger partial charge on any atom is 0.410 e. The number of halogens is 1. The fraction of sp³-hybridized carbons (Fsp3) is 0.438. The first-order valence-electron chi connectivity index (χ1n) is 14.7. The van der Waals surface area contributed by atoms with Crippen LogP contribution in [-0.2, 0) is 21.3 Å². The number of hydrogen-bond donors (Lipinski definition) is 1. The summed E-state index contributed by atoms with van der Waals surface area (Å²) in [5, 5.41) is 3.79. The molecule has 10 nitrogen and oxygen atoms in total.